The molecule has 0 unspecified atom stereocenters. The van der Waals surface area contributed by atoms with Crippen molar-refractivity contribution in [3.63, 3.8) is 0 Å². The summed E-state index contributed by atoms with van der Waals surface area (Å²) in [5.74, 6) is 1.34. The Hall–Kier alpha value is -2.82. The lowest BCUT2D eigenvalue weighted by Crippen LogP contribution is -2.13. The van der Waals surface area contributed by atoms with Crippen molar-refractivity contribution < 1.29 is 0 Å². The van der Waals surface area contributed by atoms with Crippen LogP contribution in [0.1, 0.15) is 30.8 Å². The number of imidazole rings is 1. The zero-order valence-electron chi connectivity index (χ0n) is 14.8. The van der Waals surface area contributed by atoms with Gasteiger partial charge in [0.1, 0.15) is 11.7 Å². The topological polar surface area (TPSA) is 79.1 Å². The van der Waals surface area contributed by atoms with E-state index in [9.17, 15) is 0 Å². The number of H-pyrrole nitrogens is 1. The standard InChI is InChI=1S/C19H25N5/c1-6-15(12(3)8-9-21-5)19-23-16-11-14(18(20)22-7-2)10-13(4)17(16)24-19/h6,8-11,21H,1,7H2,2-5H3,(H2,20,22)(H,23,24)/b9-8-,15-12+. The Morgan fingerprint density at radius 2 is 2.21 bits per heavy atom. The van der Waals surface area contributed by atoms with Crippen LogP contribution in [-0.2, 0) is 0 Å². The highest BCUT2D eigenvalue weighted by Gasteiger charge is 2.11. The number of aromatic nitrogens is 2. The number of nitrogens with one attached hydrogen (secondary N) is 2. The molecule has 0 bridgehead atoms. The molecule has 0 amide bonds. The molecule has 2 rings (SSSR count). The maximum atomic E-state index is 6.04. The Bertz CT molecular complexity index is 837. The minimum atomic E-state index is 0.547. The van der Waals surface area contributed by atoms with Gasteiger partial charge in [0.05, 0.1) is 11.0 Å². The van der Waals surface area contributed by atoms with Crippen LogP contribution < -0.4 is 11.1 Å². The van der Waals surface area contributed by atoms with Gasteiger partial charge >= 0.3 is 0 Å². The maximum Gasteiger partial charge on any atom is 0.138 e. The predicted octanol–water partition coefficient (Wildman–Crippen LogP) is 3.29. The first kappa shape index (κ1) is 17.5. The van der Waals surface area contributed by atoms with Gasteiger partial charge in [0, 0.05) is 24.7 Å². The molecule has 0 aliphatic heterocycles. The molecule has 24 heavy (non-hydrogen) atoms. The van der Waals surface area contributed by atoms with E-state index < -0.39 is 0 Å². The van der Waals surface area contributed by atoms with Gasteiger partial charge in [-0.3, -0.25) is 4.99 Å². The molecule has 0 aliphatic carbocycles. The number of benzene rings is 1. The second-order valence-corrected chi connectivity index (χ2v) is 5.56. The van der Waals surface area contributed by atoms with Crippen LogP contribution in [0.4, 0.5) is 0 Å². The minimum absolute atomic E-state index is 0.547. The van der Waals surface area contributed by atoms with Gasteiger partial charge in [-0.05, 0) is 56.3 Å². The van der Waals surface area contributed by atoms with E-state index in [0.717, 1.165) is 39.1 Å². The molecule has 1 aromatic heterocycles. The lowest BCUT2D eigenvalue weighted by atomic mass is 10.1. The van der Waals surface area contributed by atoms with Gasteiger partial charge in [-0.1, -0.05) is 12.7 Å². The van der Waals surface area contributed by atoms with E-state index in [1.165, 1.54) is 0 Å². The average Bonchev–Trinajstić information content (AvgIpc) is 2.98. The van der Waals surface area contributed by atoms with Gasteiger partial charge in [-0.15, -0.1) is 0 Å². The third-order valence-electron chi connectivity index (χ3n) is 3.79. The molecule has 0 aliphatic rings. The molecule has 1 aromatic carbocycles. The smallest absolute Gasteiger partial charge is 0.138 e. The molecule has 2 aromatic rings. The van der Waals surface area contributed by atoms with E-state index in [1.807, 2.05) is 58.3 Å². The van der Waals surface area contributed by atoms with E-state index in [0.29, 0.717) is 12.4 Å². The monoisotopic (exact) mass is 323 g/mol. The summed E-state index contributed by atoms with van der Waals surface area (Å²) in [6.07, 6.45) is 5.69. The maximum absolute atomic E-state index is 6.04. The Kier molecular flexibility index (Phi) is 5.58. The normalized spacial score (nSPS) is 13.4. The largest absolute Gasteiger partial charge is 0.394 e. The lowest BCUT2D eigenvalue weighted by Gasteiger charge is -2.02. The third kappa shape index (κ3) is 3.56. The number of aromatic amines is 1. The van der Waals surface area contributed by atoms with Crippen molar-refractivity contribution in [1.29, 1.82) is 0 Å². The van der Waals surface area contributed by atoms with Crippen molar-refractivity contribution >= 4 is 22.4 Å². The van der Waals surface area contributed by atoms with Crippen LogP contribution in [0.5, 0.6) is 0 Å². The summed E-state index contributed by atoms with van der Waals surface area (Å²) in [5.41, 5.74) is 11.9. The van der Waals surface area contributed by atoms with Gasteiger partial charge in [0.15, 0.2) is 0 Å². The number of fused-ring (bicyclic) bond motifs is 1. The quantitative estimate of drug-likeness (QED) is 0.433. The number of hydrogen-bond donors (Lipinski definition) is 3. The van der Waals surface area contributed by atoms with Crippen LogP contribution in [0.15, 0.2) is 47.6 Å². The molecule has 0 atom stereocenters. The molecule has 0 saturated heterocycles. The highest BCUT2D eigenvalue weighted by Crippen LogP contribution is 2.24. The summed E-state index contributed by atoms with van der Waals surface area (Å²) < 4.78 is 0. The van der Waals surface area contributed by atoms with Gasteiger partial charge in [0.25, 0.3) is 0 Å². The van der Waals surface area contributed by atoms with Crippen molar-refractivity contribution in [2.75, 3.05) is 13.6 Å². The fourth-order valence-corrected chi connectivity index (χ4v) is 2.57. The van der Waals surface area contributed by atoms with E-state index in [4.69, 9.17) is 10.7 Å². The molecule has 4 N–H and O–H groups in total. The molecule has 1 heterocycles. The Balaban J connectivity index is 2.59. The Labute approximate surface area is 143 Å². The minimum Gasteiger partial charge on any atom is -0.394 e. The number of aliphatic imine (C=N–C) groups is 1. The van der Waals surface area contributed by atoms with Crippen LogP contribution in [0.3, 0.4) is 0 Å². The number of rotatable bonds is 6. The number of nitrogens with zero attached hydrogens (tertiary/aromatic N) is 2. The van der Waals surface area contributed by atoms with Crippen molar-refractivity contribution in [2.45, 2.75) is 20.8 Å². The second-order valence-electron chi connectivity index (χ2n) is 5.56. The van der Waals surface area contributed by atoms with Crippen LogP contribution in [-0.4, -0.2) is 29.4 Å². The highest BCUT2D eigenvalue weighted by atomic mass is 14.9. The lowest BCUT2D eigenvalue weighted by molar-refractivity contribution is 1.10. The number of allylic oxidation sites excluding steroid dienone is 4. The van der Waals surface area contributed by atoms with E-state index >= 15 is 0 Å². The second kappa shape index (κ2) is 7.64. The molecule has 126 valence electrons. The van der Waals surface area contributed by atoms with Gasteiger partial charge in [0.2, 0.25) is 0 Å². The first-order valence-corrected chi connectivity index (χ1v) is 8.00. The summed E-state index contributed by atoms with van der Waals surface area (Å²) >= 11 is 0. The fraction of sp³-hybridized carbons (Fsp3) is 0.263. The van der Waals surface area contributed by atoms with Gasteiger partial charge in [-0.2, -0.15) is 0 Å². The molecular formula is C19H25N5. The summed E-state index contributed by atoms with van der Waals surface area (Å²) in [4.78, 5) is 12.4. The van der Waals surface area contributed by atoms with Crippen molar-refractivity contribution in [1.82, 2.24) is 15.3 Å². The molecule has 0 saturated carbocycles. The van der Waals surface area contributed by atoms with Crippen molar-refractivity contribution in [3.8, 4) is 0 Å². The number of aryl methyl sites for hydroxylation is 1. The van der Waals surface area contributed by atoms with Crippen LogP contribution in [0.25, 0.3) is 16.6 Å². The molecule has 0 spiro atoms. The van der Waals surface area contributed by atoms with Crippen molar-refractivity contribution in [3.05, 3.63) is 59.6 Å². The Morgan fingerprint density at radius 1 is 1.46 bits per heavy atom. The van der Waals surface area contributed by atoms with Crippen LogP contribution in [0, 0.1) is 6.92 Å². The fourth-order valence-electron chi connectivity index (χ4n) is 2.57. The summed E-state index contributed by atoms with van der Waals surface area (Å²) in [5, 5.41) is 2.99. The third-order valence-corrected chi connectivity index (χ3v) is 3.79. The van der Waals surface area contributed by atoms with Crippen LogP contribution in [0.2, 0.25) is 0 Å². The first-order valence-electron chi connectivity index (χ1n) is 8.00. The summed E-state index contributed by atoms with van der Waals surface area (Å²) in [6, 6.07) is 4.01. The van der Waals surface area contributed by atoms with Crippen molar-refractivity contribution in [2.24, 2.45) is 10.7 Å². The van der Waals surface area contributed by atoms with E-state index in [-0.39, 0.29) is 0 Å². The zero-order valence-corrected chi connectivity index (χ0v) is 14.8. The predicted molar refractivity (Wildman–Crippen MR) is 103 cm³/mol. The summed E-state index contributed by atoms with van der Waals surface area (Å²) in [7, 11) is 1.87. The Morgan fingerprint density at radius 3 is 2.83 bits per heavy atom. The van der Waals surface area contributed by atoms with E-state index in [2.05, 4.69) is 21.9 Å². The van der Waals surface area contributed by atoms with Gasteiger partial charge in [-0.25, -0.2) is 4.98 Å². The average molecular weight is 323 g/mol. The van der Waals surface area contributed by atoms with E-state index in [1.54, 1.807) is 0 Å². The first-order chi connectivity index (χ1) is 11.5. The molecule has 0 radical (unpaired) electrons. The molecule has 5 heteroatoms. The number of amidine groups is 1. The highest BCUT2D eigenvalue weighted by molar-refractivity contribution is 6.01. The zero-order chi connectivity index (χ0) is 17.7. The number of hydrogen-bond acceptors (Lipinski definition) is 3. The molecular weight excluding hydrogens is 298 g/mol. The van der Waals surface area contributed by atoms with Crippen LogP contribution >= 0.6 is 0 Å². The van der Waals surface area contributed by atoms with Gasteiger partial charge < -0.3 is 16.0 Å². The summed E-state index contributed by atoms with van der Waals surface area (Å²) in [6.45, 7) is 10.6. The SMILES string of the molecule is C=C/C(=C(C)\C=C/NC)c1nc2c(C)cc(C(N)=NCC)cc2[nH]1. The molecule has 5 nitrogen and oxygen atoms in total. The number of nitrogens with two attached hydrogens (primary N) is 1. The molecule has 0 fully saturated rings.